The number of carbonyl (C=O) groups excluding carboxylic acids is 2. The Bertz CT molecular complexity index is 661. The van der Waals surface area contributed by atoms with Crippen molar-refractivity contribution in [2.24, 2.45) is 23.2 Å². The summed E-state index contributed by atoms with van der Waals surface area (Å²) in [5.41, 5.74) is 0.932. The highest BCUT2D eigenvalue weighted by Gasteiger charge is 2.54. The van der Waals surface area contributed by atoms with Gasteiger partial charge in [-0.2, -0.15) is 0 Å². The maximum absolute atomic E-state index is 13.0. The van der Waals surface area contributed by atoms with Gasteiger partial charge in [0, 0.05) is 23.9 Å². The van der Waals surface area contributed by atoms with Gasteiger partial charge in [-0.25, -0.2) is 0 Å². The van der Waals surface area contributed by atoms with Crippen molar-refractivity contribution in [3.8, 4) is 0 Å². The van der Waals surface area contributed by atoms with E-state index in [1.54, 1.807) is 0 Å². The number of likely N-dealkylation sites (tertiary alicyclic amines) is 1. The molecule has 26 heavy (non-hydrogen) atoms. The number of nitrogens with zero attached hydrogens (tertiary/aromatic N) is 1. The van der Waals surface area contributed by atoms with E-state index >= 15 is 0 Å². The van der Waals surface area contributed by atoms with Crippen LogP contribution in [0.25, 0.3) is 0 Å². The molecular weight excluding hydrogens is 326 g/mol. The van der Waals surface area contributed by atoms with E-state index in [1.165, 1.54) is 19.3 Å². The van der Waals surface area contributed by atoms with Crippen molar-refractivity contribution in [3.05, 3.63) is 24.0 Å². The van der Waals surface area contributed by atoms with Crippen molar-refractivity contribution in [2.45, 2.75) is 57.4 Å². The molecule has 0 radical (unpaired) electrons. The predicted molar refractivity (Wildman–Crippen MR) is 98.1 cm³/mol. The monoisotopic (exact) mass is 355 g/mol. The molecule has 0 aromatic carbocycles. The lowest BCUT2D eigenvalue weighted by molar-refractivity contribution is -0.148. The van der Waals surface area contributed by atoms with E-state index in [0.717, 1.165) is 62.1 Å². The second kappa shape index (κ2) is 6.14. The molecule has 2 heterocycles. The molecule has 1 saturated heterocycles. The SMILES string of the molecule is O=C(CNC(=O)C12CC3CC(CC(C3)C1)C2)N1CCC[C@H]1c1ccc[nH]1. The van der Waals surface area contributed by atoms with Crippen LogP contribution in [0.3, 0.4) is 0 Å². The van der Waals surface area contributed by atoms with E-state index in [9.17, 15) is 9.59 Å². The average molecular weight is 355 g/mol. The third-order valence-electron chi connectivity index (χ3n) is 7.47. The van der Waals surface area contributed by atoms with Gasteiger partial charge in [-0.05, 0) is 81.3 Å². The number of hydrogen-bond acceptors (Lipinski definition) is 2. The molecule has 5 fully saturated rings. The predicted octanol–water partition coefficient (Wildman–Crippen LogP) is 3.01. The number of hydrogen-bond donors (Lipinski definition) is 2. The van der Waals surface area contributed by atoms with Crippen LogP contribution < -0.4 is 5.32 Å². The molecular formula is C21H29N3O2. The quantitative estimate of drug-likeness (QED) is 0.872. The minimum absolute atomic E-state index is 0.0557. The van der Waals surface area contributed by atoms with E-state index in [2.05, 4.69) is 10.3 Å². The average Bonchev–Trinajstić information content (AvgIpc) is 3.28. The van der Waals surface area contributed by atoms with Crippen LogP contribution in [0.1, 0.15) is 63.1 Å². The number of rotatable bonds is 4. The zero-order valence-corrected chi connectivity index (χ0v) is 15.4. The fourth-order valence-corrected chi connectivity index (χ4v) is 6.77. The Balaban J connectivity index is 1.22. The van der Waals surface area contributed by atoms with Crippen LogP contribution >= 0.6 is 0 Å². The van der Waals surface area contributed by atoms with Gasteiger partial charge >= 0.3 is 0 Å². The molecule has 5 nitrogen and oxygen atoms in total. The molecule has 0 unspecified atom stereocenters. The second-order valence-corrected chi connectivity index (χ2v) is 9.25. The molecule has 1 aromatic heterocycles. The van der Waals surface area contributed by atoms with Gasteiger partial charge in [0.1, 0.15) is 0 Å². The molecule has 140 valence electrons. The summed E-state index contributed by atoms with van der Waals surface area (Å²) in [5.74, 6) is 2.45. The lowest BCUT2D eigenvalue weighted by Gasteiger charge is -2.55. The number of amides is 2. The summed E-state index contributed by atoms with van der Waals surface area (Å²) in [6, 6.07) is 4.16. The highest BCUT2D eigenvalue weighted by Crippen LogP contribution is 2.60. The van der Waals surface area contributed by atoms with Crippen molar-refractivity contribution in [3.63, 3.8) is 0 Å². The molecule has 5 heteroatoms. The summed E-state index contributed by atoms with van der Waals surface area (Å²) in [6.45, 7) is 0.938. The van der Waals surface area contributed by atoms with Crippen LogP contribution in [0, 0.1) is 23.2 Å². The van der Waals surface area contributed by atoms with Crippen LogP contribution in [0.15, 0.2) is 18.3 Å². The van der Waals surface area contributed by atoms with E-state index in [-0.39, 0.29) is 29.8 Å². The number of H-pyrrole nitrogens is 1. The standard InChI is InChI=1S/C21H29N3O2/c25-19(24-6-2-4-18(24)17-3-1-5-22-17)13-23-20(26)21-10-14-7-15(11-21)9-16(8-14)12-21/h1,3,5,14-16,18,22H,2,4,6-13H2,(H,23,26)/t14?,15?,16?,18-,21?/m0/s1. The van der Waals surface area contributed by atoms with Crippen LogP contribution in [0.2, 0.25) is 0 Å². The Hall–Kier alpha value is -1.78. The first-order valence-corrected chi connectivity index (χ1v) is 10.3. The summed E-state index contributed by atoms with van der Waals surface area (Å²) < 4.78 is 0. The smallest absolute Gasteiger partial charge is 0.242 e. The molecule has 2 amide bonds. The topological polar surface area (TPSA) is 65.2 Å². The zero-order valence-electron chi connectivity index (χ0n) is 15.4. The maximum atomic E-state index is 13.0. The Morgan fingerprint density at radius 2 is 1.85 bits per heavy atom. The van der Waals surface area contributed by atoms with Crippen molar-refractivity contribution < 1.29 is 9.59 Å². The van der Waals surface area contributed by atoms with Crippen LogP contribution in [0.5, 0.6) is 0 Å². The van der Waals surface area contributed by atoms with E-state index in [0.29, 0.717) is 0 Å². The van der Waals surface area contributed by atoms with Crippen LogP contribution in [-0.4, -0.2) is 34.8 Å². The first-order valence-electron chi connectivity index (χ1n) is 10.3. The van der Waals surface area contributed by atoms with Gasteiger partial charge in [0.2, 0.25) is 11.8 Å². The Kier molecular flexibility index (Phi) is 3.87. The van der Waals surface area contributed by atoms with Crippen molar-refractivity contribution in [1.82, 2.24) is 15.2 Å². The summed E-state index contributed by atoms with van der Waals surface area (Å²) in [6.07, 6.45) is 11.1. The first-order chi connectivity index (χ1) is 12.6. The lowest BCUT2D eigenvalue weighted by atomic mass is 9.49. The molecule has 1 aliphatic heterocycles. The molecule has 2 N–H and O–H groups in total. The molecule has 4 bridgehead atoms. The third-order valence-corrected chi connectivity index (χ3v) is 7.47. The van der Waals surface area contributed by atoms with Gasteiger partial charge in [-0.1, -0.05) is 0 Å². The third kappa shape index (κ3) is 2.67. The molecule has 4 saturated carbocycles. The molecule has 1 atom stereocenters. The largest absolute Gasteiger partial charge is 0.363 e. The van der Waals surface area contributed by atoms with E-state index < -0.39 is 0 Å². The van der Waals surface area contributed by atoms with Crippen LogP contribution in [-0.2, 0) is 9.59 Å². The number of aromatic amines is 1. The number of aromatic nitrogens is 1. The fraction of sp³-hybridized carbons (Fsp3) is 0.714. The first kappa shape index (κ1) is 16.4. The summed E-state index contributed by atoms with van der Waals surface area (Å²) in [4.78, 5) is 31.0. The Morgan fingerprint density at radius 3 is 2.46 bits per heavy atom. The maximum Gasteiger partial charge on any atom is 0.242 e. The number of carbonyl (C=O) groups is 2. The van der Waals surface area contributed by atoms with Gasteiger partial charge in [0.15, 0.2) is 0 Å². The summed E-state index contributed by atoms with van der Waals surface area (Å²) in [5, 5.41) is 3.04. The molecule has 1 aromatic rings. The minimum Gasteiger partial charge on any atom is -0.363 e. The molecule has 6 rings (SSSR count). The van der Waals surface area contributed by atoms with Crippen molar-refractivity contribution >= 4 is 11.8 Å². The van der Waals surface area contributed by atoms with Gasteiger partial charge in [-0.15, -0.1) is 0 Å². The van der Waals surface area contributed by atoms with Gasteiger partial charge < -0.3 is 15.2 Å². The van der Waals surface area contributed by atoms with Crippen molar-refractivity contribution in [2.75, 3.05) is 13.1 Å². The Labute approximate surface area is 154 Å². The molecule has 4 aliphatic carbocycles. The fourth-order valence-electron chi connectivity index (χ4n) is 6.77. The number of nitrogens with one attached hydrogen (secondary N) is 2. The summed E-state index contributed by atoms with van der Waals surface area (Å²) >= 11 is 0. The van der Waals surface area contributed by atoms with Crippen molar-refractivity contribution in [1.29, 1.82) is 0 Å². The normalized spacial score (nSPS) is 37.9. The molecule has 0 spiro atoms. The van der Waals surface area contributed by atoms with E-state index in [1.807, 2.05) is 23.2 Å². The van der Waals surface area contributed by atoms with Gasteiger partial charge in [0.25, 0.3) is 0 Å². The highest BCUT2D eigenvalue weighted by molar-refractivity contribution is 5.88. The minimum atomic E-state index is -0.168. The molecule has 5 aliphatic rings. The van der Waals surface area contributed by atoms with Gasteiger partial charge in [0.05, 0.1) is 12.6 Å². The van der Waals surface area contributed by atoms with Crippen LogP contribution in [0.4, 0.5) is 0 Å². The van der Waals surface area contributed by atoms with E-state index in [4.69, 9.17) is 0 Å². The lowest BCUT2D eigenvalue weighted by Crippen LogP contribution is -2.54. The summed E-state index contributed by atoms with van der Waals surface area (Å²) in [7, 11) is 0. The zero-order chi connectivity index (χ0) is 17.7. The Morgan fingerprint density at radius 1 is 1.15 bits per heavy atom. The second-order valence-electron chi connectivity index (χ2n) is 9.25. The highest BCUT2D eigenvalue weighted by atomic mass is 16.2. The van der Waals surface area contributed by atoms with Gasteiger partial charge in [-0.3, -0.25) is 9.59 Å².